The van der Waals surface area contributed by atoms with Gasteiger partial charge in [0.25, 0.3) is 0 Å². The number of nitrogens with one attached hydrogen (secondary N) is 4. The fraction of sp³-hybridized carbons (Fsp3) is 0.769. The molecule has 0 saturated carbocycles. The van der Waals surface area contributed by atoms with Gasteiger partial charge in [0.1, 0.15) is 24.2 Å². The van der Waals surface area contributed by atoms with E-state index in [2.05, 4.69) is 21.3 Å². The molecule has 226 valence electrons. The van der Waals surface area contributed by atoms with Crippen LogP contribution in [0.4, 0.5) is 0 Å². The first-order valence-electron chi connectivity index (χ1n) is 14.1. The van der Waals surface area contributed by atoms with Gasteiger partial charge in [-0.3, -0.25) is 24.0 Å². The van der Waals surface area contributed by atoms with E-state index in [9.17, 15) is 33.9 Å². The second kappa shape index (κ2) is 16.1. The Morgan fingerprint density at radius 3 is 2.25 bits per heavy atom. The molecule has 0 radical (unpaired) electrons. The van der Waals surface area contributed by atoms with Crippen LogP contribution in [0.15, 0.2) is 0 Å². The van der Waals surface area contributed by atoms with Gasteiger partial charge in [0.15, 0.2) is 0 Å². The molecule has 0 unspecified atom stereocenters. The number of hydrogen-bond donors (Lipinski definition) is 7. The van der Waals surface area contributed by atoms with Crippen molar-refractivity contribution in [3.05, 3.63) is 0 Å². The highest BCUT2D eigenvalue weighted by Crippen LogP contribution is 2.21. The number of hydrogen-bond acceptors (Lipinski definition) is 8. The summed E-state index contributed by atoms with van der Waals surface area (Å²) < 4.78 is 0. The van der Waals surface area contributed by atoms with Crippen LogP contribution in [-0.2, 0) is 28.8 Å². The van der Waals surface area contributed by atoms with E-state index in [0.29, 0.717) is 45.2 Å². The summed E-state index contributed by atoms with van der Waals surface area (Å²) in [6.45, 7) is 5.04. The SMILES string of the molecule is CC(C)[C@H](NC(=O)[C@@H]1CCCN1)C(=O)N1CCC[C@H]1C(=O)N[C@@H](CCC(N)=O)C(=O)N[C@@H](CCCCN)C(=O)O. The second-order valence-corrected chi connectivity index (χ2v) is 10.8. The summed E-state index contributed by atoms with van der Waals surface area (Å²) >= 11 is 0. The van der Waals surface area contributed by atoms with Crippen molar-refractivity contribution < 1.29 is 33.9 Å². The van der Waals surface area contributed by atoms with Crippen LogP contribution in [0, 0.1) is 5.92 Å². The highest BCUT2D eigenvalue weighted by Gasteiger charge is 2.40. The minimum Gasteiger partial charge on any atom is -0.480 e. The fourth-order valence-electron chi connectivity index (χ4n) is 5.00. The molecule has 0 bridgehead atoms. The van der Waals surface area contributed by atoms with Crippen molar-refractivity contribution in [2.24, 2.45) is 17.4 Å². The van der Waals surface area contributed by atoms with Crippen molar-refractivity contribution in [2.45, 2.75) is 102 Å². The van der Waals surface area contributed by atoms with Gasteiger partial charge in [-0.15, -0.1) is 0 Å². The number of aliphatic carboxylic acids is 1. The molecular weight excluding hydrogens is 522 g/mol. The molecule has 2 aliphatic heterocycles. The zero-order valence-corrected chi connectivity index (χ0v) is 23.4. The van der Waals surface area contributed by atoms with Gasteiger partial charge in [-0.25, -0.2) is 4.79 Å². The molecule has 5 amide bonds. The van der Waals surface area contributed by atoms with Crippen molar-refractivity contribution in [1.82, 2.24) is 26.2 Å². The molecule has 0 aromatic carbocycles. The Labute approximate surface area is 234 Å². The van der Waals surface area contributed by atoms with Gasteiger partial charge in [-0.1, -0.05) is 13.8 Å². The van der Waals surface area contributed by atoms with Crippen LogP contribution in [0.5, 0.6) is 0 Å². The van der Waals surface area contributed by atoms with Crippen LogP contribution in [0.1, 0.15) is 71.6 Å². The molecule has 0 aromatic heterocycles. The minimum absolute atomic E-state index is 0.137. The fourth-order valence-corrected chi connectivity index (χ4v) is 5.00. The molecule has 9 N–H and O–H groups in total. The molecule has 0 spiro atoms. The molecule has 2 heterocycles. The summed E-state index contributed by atoms with van der Waals surface area (Å²) in [5, 5.41) is 20.5. The van der Waals surface area contributed by atoms with E-state index in [0.717, 1.165) is 13.0 Å². The van der Waals surface area contributed by atoms with E-state index in [1.807, 2.05) is 13.8 Å². The zero-order valence-electron chi connectivity index (χ0n) is 23.4. The normalized spacial score (nSPS) is 20.9. The van der Waals surface area contributed by atoms with Crippen molar-refractivity contribution >= 4 is 35.5 Å². The van der Waals surface area contributed by atoms with Crippen LogP contribution >= 0.6 is 0 Å². The summed E-state index contributed by atoms with van der Waals surface area (Å²) in [6.07, 6.45) is 3.32. The maximum Gasteiger partial charge on any atom is 0.326 e. The molecule has 14 nitrogen and oxygen atoms in total. The molecule has 0 aliphatic carbocycles. The topological polar surface area (TPSA) is 226 Å². The molecule has 5 atom stereocenters. The van der Waals surface area contributed by atoms with Crippen molar-refractivity contribution in [3.63, 3.8) is 0 Å². The summed E-state index contributed by atoms with van der Waals surface area (Å²) in [6, 6.07) is -4.51. The first kappa shape index (κ1) is 32.9. The molecule has 40 heavy (non-hydrogen) atoms. The lowest BCUT2D eigenvalue weighted by Gasteiger charge is -2.32. The predicted molar refractivity (Wildman–Crippen MR) is 145 cm³/mol. The van der Waals surface area contributed by atoms with Gasteiger partial charge >= 0.3 is 5.97 Å². The Morgan fingerprint density at radius 1 is 0.950 bits per heavy atom. The van der Waals surface area contributed by atoms with E-state index in [4.69, 9.17) is 11.5 Å². The molecule has 0 aromatic rings. The first-order chi connectivity index (χ1) is 19.0. The summed E-state index contributed by atoms with van der Waals surface area (Å²) in [5.74, 6) is -4.15. The van der Waals surface area contributed by atoms with Gasteiger partial charge in [0.05, 0.1) is 6.04 Å². The monoisotopic (exact) mass is 567 g/mol. The Hall–Kier alpha value is -3.26. The third-order valence-electron chi connectivity index (χ3n) is 7.32. The highest BCUT2D eigenvalue weighted by molar-refractivity contribution is 5.96. The average Bonchev–Trinajstić information content (AvgIpc) is 3.61. The van der Waals surface area contributed by atoms with E-state index >= 15 is 0 Å². The lowest BCUT2D eigenvalue weighted by atomic mass is 10.0. The van der Waals surface area contributed by atoms with Gasteiger partial charge in [-0.2, -0.15) is 0 Å². The number of unbranched alkanes of at least 4 members (excludes halogenated alkanes) is 1. The molecule has 14 heteroatoms. The number of nitrogens with two attached hydrogens (primary N) is 2. The van der Waals surface area contributed by atoms with Crippen LogP contribution in [0.2, 0.25) is 0 Å². The quantitative estimate of drug-likeness (QED) is 0.106. The Balaban J connectivity index is 2.12. The predicted octanol–water partition coefficient (Wildman–Crippen LogP) is -1.68. The van der Waals surface area contributed by atoms with Gasteiger partial charge in [0.2, 0.25) is 29.5 Å². The largest absolute Gasteiger partial charge is 0.480 e. The number of carboxylic acids is 1. The molecule has 2 fully saturated rings. The summed E-state index contributed by atoms with van der Waals surface area (Å²) in [4.78, 5) is 77.1. The number of primary amides is 1. The Bertz CT molecular complexity index is 923. The Kier molecular flexibility index (Phi) is 13.3. The lowest BCUT2D eigenvalue weighted by molar-refractivity contribution is -0.144. The van der Waals surface area contributed by atoms with Crippen LogP contribution < -0.4 is 32.7 Å². The van der Waals surface area contributed by atoms with Gasteiger partial charge in [-0.05, 0) is 70.4 Å². The smallest absolute Gasteiger partial charge is 0.326 e. The lowest BCUT2D eigenvalue weighted by Crippen LogP contribution is -2.59. The molecule has 2 aliphatic rings. The molecule has 2 rings (SSSR count). The number of carboxylic acid groups (broad SMARTS) is 1. The van der Waals surface area contributed by atoms with E-state index < -0.39 is 47.9 Å². The number of nitrogens with zero attached hydrogens (tertiary/aromatic N) is 1. The zero-order chi connectivity index (χ0) is 29.8. The number of carbonyl (C=O) groups excluding carboxylic acids is 5. The number of rotatable bonds is 16. The standard InChI is InChI=1S/C26H45N7O7/c1-15(2)21(32-22(35)16-8-5-13-29-16)25(38)33-14-6-9-19(33)24(37)30-17(10-11-20(28)34)23(36)31-18(26(39)40)7-3-4-12-27/h15-19,21,29H,3-14,27H2,1-2H3,(H2,28,34)(H,30,37)(H,31,36)(H,32,35)(H,39,40)/t16-,17-,18-,19-,21-/m0/s1. The summed E-state index contributed by atoms with van der Waals surface area (Å²) in [7, 11) is 0. The second-order valence-electron chi connectivity index (χ2n) is 10.8. The van der Waals surface area contributed by atoms with Gasteiger partial charge < -0.3 is 42.7 Å². The van der Waals surface area contributed by atoms with Crippen molar-refractivity contribution in [2.75, 3.05) is 19.6 Å². The summed E-state index contributed by atoms with van der Waals surface area (Å²) in [5.41, 5.74) is 10.7. The minimum atomic E-state index is -1.23. The van der Waals surface area contributed by atoms with E-state index in [1.54, 1.807) is 0 Å². The maximum atomic E-state index is 13.5. The number of carbonyl (C=O) groups is 6. The average molecular weight is 568 g/mol. The van der Waals surface area contributed by atoms with Crippen LogP contribution in [0.25, 0.3) is 0 Å². The maximum absolute atomic E-state index is 13.5. The van der Waals surface area contributed by atoms with Crippen molar-refractivity contribution in [3.8, 4) is 0 Å². The first-order valence-corrected chi connectivity index (χ1v) is 14.1. The van der Waals surface area contributed by atoms with Gasteiger partial charge in [0, 0.05) is 13.0 Å². The van der Waals surface area contributed by atoms with E-state index in [1.165, 1.54) is 4.90 Å². The number of likely N-dealkylation sites (tertiary alicyclic amines) is 1. The van der Waals surface area contributed by atoms with Crippen LogP contribution in [0.3, 0.4) is 0 Å². The third kappa shape index (κ3) is 9.73. The van der Waals surface area contributed by atoms with Crippen LogP contribution in [-0.4, -0.2) is 95.4 Å². The Morgan fingerprint density at radius 2 is 1.68 bits per heavy atom. The molecular formula is C26H45N7O7. The van der Waals surface area contributed by atoms with Crippen molar-refractivity contribution in [1.29, 1.82) is 0 Å². The highest BCUT2D eigenvalue weighted by atomic mass is 16.4. The van der Waals surface area contributed by atoms with E-state index in [-0.39, 0.29) is 43.0 Å². The third-order valence-corrected chi connectivity index (χ3v) is 7.32. The number of amides is 5. The molecule has 2 saturated heterocycles.